The first-order chi connectivity index (χ1) is 13.1. The molecule has 0 aliphatic rings. The second-order valence-corrected chi connectivity index (χ2v) is 5.44. The van der Waals surface area contributed by atoms with E-state index in [1.54, 1.807) is 18.3 Å². The molecule has 3 aromatic rings. The maximum atomic E-state index is 13.7. The Kier molecular flexibility index (Phi) is 5.75. The minimum Gasteiger partial charge on any atom is -0.493 e. The van der Waals surface area contributed by atoms with Gasteiger partial charge in [0.2, 0.25) is 0 Å². The largest absolute Gasteiger partial charge is 0.493 e. The summed E-state index contributed by atoms with van der Waals surface area (Å²) in [6, 6.07) is 10.5. The summed E-state index contributed by atoms with van der Waals surface area (Å²) in [7, 11) is 1.34. The van der Waals surface area contributed by atoms with Gasteiger partial charge >= 0.3 is 6.61 Å². The van der Waals surface area contributed by atoms with Crippen molar-refractivity contribution in [1.82, 2.24) is 4.98 Å². The molecule has 0 aliphatic heterocycles. The van der Waals surface area contributed by atoms with E-state index >= 15 is 0 Å². The summed E-state index contributed by atoms with van der Waals surface area (Å²) < 4.78 is 47.7. The lowest BCUT2D eigenvalue weighted by molar-refractivity contribution is -0.0512. The van der Waals surface area contributed by atoms with Gasteiger partial charge in [-0.15, -0.1) is 0 Å². The molecule has 0 atom stereocenters. The van der Waals surface area contributed by atoms with E-state index < -0.39 is 12.4 Å². The van der Waals surface area contributed by atoms with Crippen LogP contribution in [0.25, 0.3) is 10.9 Å². The number of pyridine rings is 1. The standard InChI is InChI=1S/C19H15F3N2O3/c1-25-17-7-12(4-5-16(17)27-19(21)22)10-24-26-11-14-9-15(20)8-13-3-2-6-23-18(13)14/h2-10,19H,11H2,1H3/b24-10+. The highest BCUT2D eigenvalue weighted by Crippen LogP contribution is 2.29. The monoisotopic (exact) mass is 376 g/mol. The Morgan fingerprint density at radius 2 is 2.00 bits per heavy atom. The zero-order valence-corrected chi connectivity index (χ0v) is 14.2. The number of nitrogens with zero attached hydrogens (tertiary/aromatic N) is 2. The Labute approximate surface area is 153 Å². The molecular weight excluding hydrogens is 361 g/mol. The minimum absolute atomic E-state index is 0.0193. The lowest BCUT2D eigenvalue weighted by Crippen LogP contribution is -2.03. The van der Waals surface area contributed by atoms with Crippen LogP contribution in [0.3, 0.4) is 0 Å². The van der Waals surface area contributed by atoms with E-state index in [1.165, 1.54) is 43.7 Å². The molecule has 0 unspecified atom stereocenters. The summed E-state index contributed by atoms with van der Waals surface area (Å²) in [5, 5.41) is 4.49. The summed E-state index contributed by atoms with van der Waals surface area (Å²) in [6.45, 7) is -2.93. The van der Waals surface area contributed by atoms with Crippen LogP contribution >= 0.6 is 0 Å². The average molecular weight is 376 g/mol. The molecule has 0 fully saturated rings. The number of ether oxygens (including phenoxy) is 2. The molecule has 3 rings (SSSR count). The Morgan fingerprint density at radius 3 is 2.78 bits per heavy atom. The van der Waals surface area contributed by atoms with E-state index in [0.717, 1.165) is 0 Å². The highest BCUT2D eigenvalue weighted by molar-refractivity contribution is 5.82. The number of rotatable bonds is 7. The maximum absolute atomic E-state index is 13.7. The first-order valence-electron chi connectivity index (χ1n) is 7.88. The molecule has 5 nitrogen and oxygen atoms in total. The molecule has 1 aromatic heterocycles. The van der Waals surface area contributed by atoms with Crippen molar-refractivity contribution < 1.29 is 27.5 Å². The van der Waals surface area contributed by atoms with Gasteiger partial charge in [0.25, 0.3) is 0 Å². The third-order valence-corrected chi connectivity index (χ3v) is 3.65. The third kappa shape index (κ3) is 4.66. The van der Waals surface area contributed by atoms with Crippen LogP contribution in [0.2, 0.25) is 0 Å². The van der Waals surface area contributed by atoms with Crippen molar-refractivity contribution in [2.45, 2.75) is 13.2 Å². The Bertz CT molecular complexity index is 964. The Morgan fingerprint density at radius 1 is 1.15 bits per heavy atom. The van der Waals surface area contributed by atoms with Gasteiger partial charge in [0.05, 0.1) is 18.8 Å². The number of alkyl halides is 2. The summed E-state index contributed by atoms with van der Waals surface area (Å²) >= 11 is 0. The molecule has 8 heteroatoms. The number of halogens is 3. The summed E-state index contributed by atoms with van der Waals surface area (Å²) in [5.41, 5.74) is 1.74. The molecule has 0 aliphatic carbocycles. The van der Waals surface area contributed by atoms with Gasteiger partial charge in [-0.2, -0.15) is 8.78 Å². The fraction of sp³-hybridized carbons (Fsp3) is 0.158. The number of benzene rings is 2. The number of aromatic nitrogens is 1. The molecule has 0 spiro atoms. The van der Waals surface area contributed by atoms with Crippen LogP contribution in [0.1, 0.15) is 11.1 Å². The fourth-order valence-electron chi connectivity index (χ4n) is 2.50. The van der Waals surface area contributed by atoms with Crippen LogP contribution in [0.5, 0.6) is 11.5 Å². The van der Waals surface area contributed by atoms with Gasteiger partial charge < -0.3 is 14.3 Å². The van der Waals surface area contributed by atoms with E-state index in [-0.39, 0.29) is 18.1 Å². The summed E-state index contributed by atoms with van der Waals surface area (Å²) in [5.74, 6) is -0.333. The van der Waals surface area contributed by atoms with Crippen LogP contribution in [0.4, 0.5) is 13.2 Å². The van der Waals surface area contributed by atoms with Gasteiger partial charge in [-0.25, -0.2) is 4.39 Å². The van der Waals surface area contributed by atoms with Gasteiger partial charge in [-0.1, -0.05) is 11.2 Å². The van der Waals surface area contributed by atoms with Gasteiger partial charge in [-0.05, 0) is 36.4 Å². The van der Waals surface area contributed by atoms with Gasteiger partial charge in [-0.3, -0.25) is 4.98 Å². The van der Waals surface area contributed by atoms with E-state index in [0.29, 0.717) is 22.0 Å². The smallest absolute Gasteiger partial charge is 0.387 e. The van der Waals surface area contributed by atoms with Crippen molar-refractivity contribution in [3.63, 3.8) is 0 Å². The van der Waals surface area contributed by atoms with E-state index in [2.05, 4.69) is 14.9 Å². The van der Waals surface area contributed by atoms with Crippen LogP contribution in [0, 0.1) is 5.82 Å². The first kappa shape index (κ1) is 18.5. The molecule has 0 saturated carbocycles. The number of hydrogen-bond acceptors (Lipinski definition) is 5. The van der Waals surface area contributed by atoms with Gasteiger partial charge in [0.1, 0.15) is 12.4 Å². The second-order valence-electron chi connectivity index (χ2n) is 5.44. The lowest BCUT2D eigenvalue weighted by atomic mass is 10.1. The molecular formula is C19H15F3N2O3. The summed E-state index contributed by atoms with van der Waals surface area (Å²) in [6.07, 6.45) is 2.99. The van der Waals surface area contributed by atoms with Crippen molar-refractivity contribution in [3.8, 4) is 11.5 Å². The van der Waals surface area contributed by atoms with E-state index in [9.17, 15) is 13.2 Å². The average Bonchev–Trinajstić information content (AvgIpc) is 2.65. The predicted molar refractivity (Wildman–Crippen MR) is 93.7 cm³/mol. The van der Waals surface area contributed by atoms with Crippen LogP contribution in [0.15, 0.2) is 53.8 Å². The van der Waals surface area contributed by atoms with Gasteiger partial charge in [0, 0.05) is 22.7 Å². The molecule has 140 valence electrons. The SMILES string of the molecule is COc1cc(/C=N/OCc2cc(F)cc3cccnc23)ccc1OC(F)F. The van der Waals surface area contributed by atoms with E-state index in [1.807, 2.05) is 0 Å². The lowest BCUT2D eigenvalue weighted by Gasteiger charge is -2.10. The van der Waals surface area contributed by atoms with Crippen molar-refractivity contribution in [1.29, 1.82) is 0 Å². The normalized spacial score (nSPS) is 11.3. The van der Waals surface area contributed by atoms with Gasteiger partial charge in [0.15, 0.2) is 11.5 Å². The van der Waals surface area contributed by atoms with Crippen molar-refractivity contribution in [2.24, 2.45) is 5.16 Å². The third-order valence-electron chi connectivity index (χ3n) is 3.65. The van der Waals surface area contributed by atoms with Crippen molar-refractivity contribution in [2.75, 3.05) is 7.11 Å². The molecule has 0 N–H and O–H groups in total. The first-order valence-corrected chi connectivity index (χ1v) is 7.88. The number of oxime groups is 1. The molecule has 0 bridgehead atoms. The number of methoxy groups -OCH3 is 1. The fourth-order valence-corrected chi connectivity index (χ4v) is 2.50. The molecule has 0 amide bonds. The zero-order chi connectivity index (χ0) is 19.2. The molecule has 27 heavy (non-hydrogen) atoms. The van der Waals surface area contributed by atoms with Crippen LogP contribution in [-0.2, 0) is 11.4 Å². The highest BCUT2D eigenvalue weighted by atomic mass is 19.3. The Balaban J connectivity index is 1.70. The molecule has 0 radical (unpaired) electrons. The quantitative estimate of drug-likeness (QED) is 0.449. The van der Waals surface area contributed by atoms with E-state index in [4.69, 9.17) is 9.57 Å². The van der Waals surface area contributed by atoms with Crippen LogP contribution < -0.4 is 9.47 Å². The highest BCUT2D eigenvalue weighted by Gasteiger charge is 2.10. The predicted octanol–water partition coefficient (Wildman–Crippen LogP) is 4.53. The zero-order valence-electron chi connectivity index (χ0n) is 14.2. The molecule has 0 saturated heterocycles. The summed E-state index contributed by atoms with van der Waals surface area (Å²) in [4.78, 5) is 9.45. The second kappa shape index (κ2) is 8.39. The molecule has 1 heterocycles. The topological polar surface area (TPSA) is 52.9 Å². The minimum atomic E-state index is -2.95. The van der Waals surface area contributed by atoms with Crippen molar-refractivity contribution in [3.05, 3.63) is 65.6 Å². The molecule has 2 aromatic carbocycles. The number of hydrogen-bond donors (Lipinski definition) is 0. The Hall–Kier alpha value is -3.29. The number of fused-ring (bicyclic) bond motifs is 1. The maximum Gasteiger partial charge on any atom is 0.387 e. The van der Waals surface area contributed by atoms with Crippen LogP contribution in [-0.4, -0.2) is 24.9 Å². The van der Waals surface area contributed by atoms with Crippen molar-refractivity contribution >= 4 is 17.1 Å².